The summed E-state index contributed by atoms with van der Waals surface area (Å²) in [5.41, 5.74) is 1.30. The molecule has 22 heavy (non-hydrogen) atoms. The lowest BCUT2D eigenvalue weighted by Crippen LogP contribution is -2.32. The fourth-order valence-corrected chi connectivity index (χ4v) is 3.75. The van der Waals surface area contributed by atoms with Gasteiger partial charge in [0.05, 0.1) is 14.2 Å². The maximum Gasteiger partial charge on any atom is 0.127 e. The molecule has 0 radical (unpaired) electrons. The summed E-state index contributed by atoms with van der Waals surface area (Å²) in [6.07, 6.45) is 4.88. The first-order valence-corrected chi connectivity index (χ1v) is 8.35. The van der Waals surface area contributed by atoms with E-state index < -0.39 is 0 Å². The average molecular weight is 305 g/mol. The minimum atomic E-state index is 0.476. The molecule has 0 spiro atoms. The van der Waals surface area contributed by atoms with E-state index in [2.05, 4.69) is 11.0 Å². The number of benzene rings is 1. The number of hydrogen-bond acceptors (Lipinski definition) is 4. The fraction of sp³-hybridized carbons (Fsp3) is 0.667. The first kappa shape index (κ1) is 15.6. The molecule has 122 valence electrons. The second kappa shape index (κ2) is 7.34. The Hall–Kier alpha value is -1.26. The van der Waals surface area contributed by atoms with Gasteiger partial charge in [0.2, 0.25) is 0 Å². The van der Waals surface area contributed by atoms with E-state index in [0.29, 0.717) is 6.04 Å². The van der Waals surface area contributed by atoms with Crippen molar-refractivity contribution in [1.29, 1.82) is 0 Å². The normalized spacial score (nSPS) is 23.6. The van der Waals surface area contributed by atoms with Gasteiger partial charge in [-0.2, -0.15) is 0 Å². The predicted molar refractivity (Wildman–Crippen MR) is 86.6 cm³/mol. The van der Waals surface area contributed by atoms with Gasteiger partial charge < -0.3 is 14.2 Å². The van der Waals surface area contributed by atoms with Crippen molar-refractivity contribution in [2.75, 3.05) is 40.5 Å². The van der Waals surface area contributed by atoms with E-state index in [9.17, 15) is 0 Å². The van der Waals surface area contributed by atoms with Crippen LogP contribution in [0.1, 0.15) is 37.3 Å². The van der Waals surface area contributed by atoms with E-state index in [0.717, 1.165) is 30.6 Å². The highest BCUT2D eigenvalue weighted by atomic mass is 16.5. The number of likely N-dealkylation sites (tertiary alicyclic amines) is 1. The molecule has 4 nitrogen and oxygen atoms in total. The topological polar surface area (TPSA) is 30.9 Å². The second-order valence-electron chi connectivity index (χ2n) is 6.32. The molecule has 2 saturated heterocycles. The zero-order valence-electron chi connectivity index (χ0n) is 13.7. The molecule has 3 rings (SSSR count). The van der Waals surface area contributed by atoms with Gasteiger partial charge in [0.15, 0.2) is 0 Å². The van der Waals surface area contributed by atoms with Crippen LogP contribution in [-0.2, 0) is 4.74 Å². The van der Waals surface area contributed by atoms with Crippen molar-refractivity contribution < 1.29 is 14.2 Å². The Morgan fingerprint density at radius 2 is 1.95 bits per heavy atom. The summed E-state index contributed by atoms with van der Waals surface area (Å²) in [5, 5.41) is 0. The van der Waals surface area contributed by atoms with Crippen molar-refractivity contribution >= 4 is 0 Å². The van der Waals surface area contributed by atoms with E-state index in [4.69, 9.17) is 14.2 Å². The molecule has 2 heterocycles. The van der Waals surface area contributed by atoms with E-state index in [1.165, 1.54) is 44.3 Å². The zero-order chi connectivity index (χ0) is 15.4. The van der Waals surface area contributed by atoms with Crippen LogP contribution in [0.2, 0.25) is 0 Å². The molecule has 2 aliphatic heterocycles. The highest BCUT2D eigenvalue weighted by molar-refractivity contribution is 5.42. The molecule has 0 amide bonds. The van der Waals surface area contributed by atoms with E-state index in [1.54, 1.807) is 14.2 Å². The van der Waals surface area contributed by atoms with Crippen molar-refractivity contribution in [2.24, 2.45) is 5.92 Å². The Kier molecular flexibility index (Phi) is 5.21. The maximum absolute atomic E-state index is 5.61. The minimum absolute atomic E-state index is 0.476. The van der Waals surface area contributed by atoms with E-state index in [1.807, 2.05) is 12.1 Å². The quantitative estimate of drug-likeness (QED) is 0.835. The van der Waals surface area contributed by atoms with Crippen LogP contribution >= 0.6 is 0 Å². The third-order valence-corrected chi connectivity index (χ3v) is 5.00. The van der Waals surface area contributed by atoms with Crippen LogP contribution in [0.5, 0.6) is 11.5 Å². The van der Waals surface area contributed by atoms with Gasteiger partial charge >= 0.3 is 0 Å². The van der Waals surface area contributed by atoms with Crippen LogP contribution in [0.15, 0.2) is 18.2 Å². The van der Waals surface area contributed by atoms with Gasteiger partial charge in [0, 0.05) is 37.4 Å². The Bertz CT molecular complexity index is 485. The van der Waals surface area contributed by atoms with Gasteiger partial charge in [-0.25, -0.2) is 0 Å². The Morgan fingerprint density at radius 1 is 1.14 bits per heavy atom. The number of methoxy groups -OCH3 is 2. The zero-order valence-corrected chi connectivity index (χ0v) is 13.7. The number of ether oxygens (including phenoxy) is 3. The van der Waals surface area contributed by atoms with E-state index >= 15 is 0 Å². The molecule has 2 aliphatic rings. The van der Waals surface area contributed by atoms with Crippen molar-refractivity contribution in [2.45, 2.75) is 31.7 Å². The van der Waals surface area contributed by atoms with Crippen LogP contribution < -0.4 is 9.47 Å². The number of nitrogens with zero attached hydrogens (tertiary/aromatic N) is 1. The molecule has 0 aliphatic carbocycles. The van der Waals surface area contributed by atoms with Crippen LogP contribution in [0, 0.1) is 5.92 Å². The van der Waals surface area contributed by atoms with Gasteiger partial charge in [0.25, 0.3) is 0 Å². The third kappa shape index (κ3) is 3.39. The molecule has 0 aromatic heterocycles. The molecule has 1 atom stereocenters. The SMILES string of the molecule is COc1ccc([C@H]2CCCN2CC2CCOCC2)c(OC)c1. The molecule has 2 fully saturated rings. The number of hydrogen-bond donors (Lipinski definition) is 0. The first-order chi connectivity index (χ1) is 10.8. The van der Waals surface area contributed by atoms with E-state index in [-0.39, 0.29) is 0 Å². The summed E-state index contributed by atoms with van der Waals surface area (Å²) >= 11 is 0. The van der Waals surface area contributed by atoms with Crippen LogP contribution in [-0.4, -0.2) is 45.4 Å². The largest absolute Gasteiger partial charge is 0.497 e. The van der Waals surface area contributed by atoms with Crippen molar-refractivity contribution in [3.63, 3.8) is 0 Å². The smallest absolute Gasteiger partial charge is 0.127 e. The van der Waals surface area contributed by atoms with Crippen molar-refractivity contribution in [1.82, 2.24) is 4.90 Å². The van der Waals surface area contributed by atoms with Gasteiger partial charge in [0.1, 0.15) is 11.5 Å². The van der Waals surface area contributed by atoms with Crippen molar-refractivity contribution in [3.05, 3.63) is 23.8 Å². The van der Waals surface area contributed by atoms with Crippen LogP contribution in [0.4, 0.5) is 0 Å². The molecule has 4 heteroatoms. The highest BCUT2D eigenvalue weighted by Gasteiger charge is 2.30. The molecular formula is C18H27NO3. The lowest BCUT2D eigenvalue weighted by Gasteiger charge is -2.31. The molecular weight excluding hydrogens is 278 g/mol. The standard InChI is InChI=1S/C18H27NO3/c1-20-15-5-6-16(18(12-15)21-2)17-4-3-9-19(17)13-14-7-10-22-11-8-14/h5-6,12,14,17H,3-4,7-11,13H2,1-2H3/t17-/m1/s1. The average Bonchev–Trinajstić information content (AvgIpc) is 3.03. The second-order valence-corrected chi connectivity index (χ2v) is 6.32. The maximum atomic E-state index is 5.61. The summed E-state index contributed by atoms with van der Waals surface area (Å²) in [7, 11) is 3.44. The van der Waals surface area contributed by atoms with Gasteiger partial charge in [-0.05, 0) is 44.2 Å². The van der Waals surface area contributed by atoms with Gasteiger partial charge in [-0.15, -0.1) is 0 Å². The van der Waals surface area contributed by atoms with Gasteiger partial charge in [-0.3, -0.25) is 4.90 Å². The van der Waals surface area contributed by atoms with Crippen molar-refractivity contribution in [3.8, 4) is 11.5 Å². The molecule has 0 unspecified atom stereocenters. The Labute approximate surface area is 133 Å². The summed E-state index contributed by atoms with van der Waals surface area (Å²) in [5.74, 6) is 2.58. The molecule has 0 N–H and O–H groups in total. The Morgan fingerprint density at radius 3 is 2.68 bits per heavy atom. The summed E-state index contributed by atoms with van der Waals surface area (Å²) in [4.78, 5) is 2.64. The third-order valence-electron chi connectivity index (χ3n) is 5.00. The molecule has 0 bridgehead atoms. The Balaban J connectivity index is 1.74. The fourth-order valence-electron chi connectivity index (χ4n) is 3.75. The summed E-state index contributed by atoms with van der Waals surface area (Å²) in [6, 6.07) is 6.69. The molecule has 0 saturated carbocycles. The molecule has 1 aromatic rings. The van der Waals surface area contributed by atoms with Crippen LogP contribution in [0.3, 0.4) is 0 Å². The minimum Gasteiger partial charge on any atom is -0.497 e. The first-order valence-electron chi connectivity index (χ1n) is 8.35. The number of rotatable bonds is 5. The summed E-state index contributed by atoms with van der Waals surface area (Å²) in [6.45, 7) is 4.23. The lowest BCUT2D eigenvalue weighted by atomic mass is 9.97. The lowest BCUT2D eigenvalue weighted by molar-refractivity contribution is 0.0505. The highest BCUT2D eigenvalue weighted by Crippen LogP contribution is 2.39. The van der Waals surface area contributed by atoms with Gasteiger partial charge in [-0.1, -0.05) is 6.07 Å². The monoisotopic (exact) mass is 305 g/mol. The molecule has 1 aromatic carbocycles. The van der Waals surface area contributed by atoms with Crippen LogP contribution in [0.25, 0.3) is 0 Å². The summed E-state index contributed by atoms with van der Waals surface area (Å²) < 4.78 is 16.4. The predicted octanol–water partition coefficient (Wildman–Crippen LogP) is 3.27.